The summed E-state index contributed by atoms with van der Waals surface area (Å²) in [5.41, 5.74) is 5.44. The summed E-state index contributed by atoms with van der Waals surface area (Å²) < 4.78 is 5.84. The van der Waals surface area contributed by atoms with Crippen molar-refractivity contribution in [3.63, 3.8) is 0 Å². The third kappa shape index (κ3) is 7.12. The Balaban J connectivity index is 0.00000364. The van der Waals surface area contributed by atoms with Crippen LogP contribution in [0.15, 0.2) is 30.3 Å². The average Bonchev–Trinajstić information content (AvgIpc) is 2.56. The predicted molar refractivity (Wildman–Crippen MR) is 112 cm³/mol. The summed E-state index contributed by atoms with van der Waals surface area (Å²) in [5.74, 6) is 0.896. The Labute approximate surface area is 178 Å². The van der Waals surface area contributed by atoms with Crippen molar-refractivity contribution in [2.75, 3.05) is 6.61 Å². The molecule has 0 atom stereocenters. The molecule has 2 aromatic rings. The largest absolute Gasteiger partial charge is 1.00 e. The maximum Gasteiger partial charge on any atom is 1.00 e. The molecule has 0 spiro atoms. The van der Waals surface area contributed by atoms with E-state index in [0.29, 0.717) is 0 Å². The van der Waals surface area contributed by atoms with Crippen LogP contribution in [0.2, 0.25) is 0 Å². The van der Waals surface area contributed by atoms with Gasteiger partial charge in [0.05, 0.1) is 6.61 Å². The van der Waals surface area contributed by atoms with E-state index in [1.165, 1.54) is 24.8 Å². The van der Waals surface area contributed by atoms with E-state index in [4.69, 9.17) is 4.74 Å². The van der Waals surface area contributed by atoms with Crippen molar-refractivity contribution in [2.24, 2.45) is 0 Å². The van der Waals surface area contributed by atoms with Crippen molar-refractivity contribution in [2.45, 2.75) is 60.3 Å². The second-order valence-electron chi connectivity index (χ2n) is 7.05. The van der Waals surface area contributed by atoms with E-state index in [2.05, 4.69) is 32.9 Å². The van der Waals surface area contributed by atoms with Crippen molar-refractivity contribution >= 4 is 19.4 Å². The Hall–Kier alpha value is -1.06. The van der Waals surface area contributed by atoms with Crippen molar-refractivity contribution < 1.29 is 28.4 Å². The van der Waals surface area contributed by atoms with Gasteiger partial charge in [-0.1, -0.05) is 55.5 Å². The summed E-state index contributed by atoms with van der Waals surface area (Å²) in [5, 5.41) is 1.05. The number of hydrogen-bond donors (Lipinski definition) is 0. The first-order chi connectivity index (χ1) is 12.4. The molecule has 0 unspecified atom stereocenters. The molecule has 0 saturated heterocycles. The third-order valence-corrected chi connectivity index (χ3v) is 5.72. The van der Waals surface area contributed by atoms with Gasteiger partial charge in [-0.2, -0.15) is 5.30 Å². The van der Waals surface area contributed by atoms with Crippen LogP contribution < -0.4 is 28.9 Å². The number of carbonyl (C=O) groups is 1. The van der Waals surface area contributed by atoms with Gasteiger partial charge in [0.25, 0.3) is 0 Å². The summed E-state index contributed by atoms with van der Waals surface area (Å²) >= 11 is 0. The zero-order valence-electron chi connectivity index (χ0n) is 17.7. The molecule has 2 nitrogen and oxygen atoms in total. The molecule has 140 valence electrons. The van der Waals surface area contributed by atoms with Gasteiger partial charge in [0, 0.05) is 5.52 Å². The molecule has 4 heteroatoms. The Bertz CT molecular complexity index is 748. The second-order valence-corrected chi connectivity index (χ2v) is 8.16. The first-order valence-electron chi connectivity index (χ1n) is 9.49. The number of carbonyl (C=O) groups excluding carboxylic acids is 1. The smallest absolute Gasteiger partial charge is 0.494 e. The SMILES string of the molecule is CCCCCCOc1ccc([P-]C(=O)c2c(C)cc(C)cc2C)c(C)c1.[Li+]. The minimum Gasteiger partial charge on any atom is -0.494 e. The van der Waals surface area contributed by atoms with E-state index >= 15 is 0 Å². The summed E-state index contributed by atoms with van der Waals surface area (Å²) in [7, 11) is 0.727. The number of ether oxygens (including phenoxy) is 1. The maximum absolute atomic E-state index is 12.8. The molecule has 0 aliphatic carbocycles. The molecular weight excluding hydrogens is 346 g/mol. The molecule has 0 amide bonds. The van der Waals surface area contributed by atoms with Gasteiger partial charge in [0.2, 0.25) is 0 Å². The van der Waals surface area contributed by atoms with Gasteiger partial charge in [0.15, 0.2) is 0 Å². The Morgan fingerprint density at radius 1 is 0.926 bits per heavy atom. The second kappa shape index (κ2) is 11.7. The zero-order valence-corrected chi connectivity index (χ0v) is 18.6. The molecule has 0 heterocycles. The van der Waals surface area contributed by atoms with E-state index < -0.39 is 0 Å². The Kier molecular flexibility index (Phi) is 10.4. The van der Waals surface area contributed by atoms with E-state index in [1.807, 2.05) is 32.0 Å². The fourth-order valence-electron chi connectivity index (χ4n) is 3.24. The molecule has 2 aromatic carbocycles. The summed E-state index contributed by atoms with van der Waals surface area (Å²) in [6.45, 7) is 11.1. The van der Waals surface area contributed by atoms with Gasteiger partial charge in [-0.15, -0.1) is 0 Å². The number of unbranched alkanes of at least 4 members (excludes halogenated alkanes) is 3. The van der Waals surface area contributed by atoms with Crippen LogP contribution in [0.25, 0.3) is 0 Å². The van der Waals surface area contributed by atoms with Crippen LogP contribution in [0.1, 0.15) is 65.2 Å². The fraction of sp³-hybridized carbons (Fsp3) is 0.435. The topological polar surface area (TPSA) is 26.3 Å². The van der Waals surface area contributed by atoms with Gasteiger partial charge in [-0.25, -0.2) is 0 Å². The van der Waals surface area contributed by atoms with E-state index in [9.17, 15) is 4.79 Å². The van der Waals surface area contributed by atoms with Crippen molar-refractivity contribution in [1.29, 1.82) is 0 Å². The Morgan fingerprint density at radius 3 is 2.19 bits per heavy atom. The van der Waals surface area contributed by atoms with Crippen LogP contribution >= 0.6 is 8.58 Å². The molecule has 2 rings (SSSR count). The standard InChI is InChI=1S/C23H30O2P.Li/c1-6-7-8-9-12-25-20-10-11-21(17(3)15-20)26-23(24)22-18(4)13-16(2)14-19(22)5;/h10-11,13-15H,6-9,12H2,1-5H3;/q-1;+1. The van der Waals surface area contributed by atoms with Crippen LogP contribution in [0.4, 0.5) is 0 Å². The maximum atomic E-state index is 12.8. The van der Waals surface area contributed by atoms with Crippen molar-refractivity contribution in [3.05, 3.63) is 58.1 Å². The number of rotatable bonds is 9. The normalized spacial score (nSPS) is 10.9. The monoisotopic (exact) mass is 376 g/mol. The Morgan fingerprint density at radius 2 is 1.59 bits per heavy atom. The number of hydrogen-bond acceptors (Lipinski definition) is 2. The van der Waals surface area contributed by atoms with Crippen LogP contribution in [0.3, 0.4) is 0 Å². The molecule has 27 heavy (non-hydrogen) atoms. The molecule has 0 N–H and O–H groups in total. The minimum absolute atomic E-state index is 0. The van der Waals surface area contributed by atoms with E-state index in [0.717, 1.165) is 54.9 Å². The molecule has 0 aromatic heterocycles. The third-order valence-electron chi connectivity index (χ3n) is 4.55. The molecule has 0 aliphatic heterocycles. The van der Waals surface area contributed by atoms with Gasteiger partial charge >= 0.3 is 18.9 Å². The van der Waals surface area contributed by atoms with Crippen LogP contribution in [-0.2, 0) is 0 Å². The van der Waals surface area contributed by atoms with Crippen LogP contribution in [0, 0.1) is 27.7 Å². The molecule has 0 radical (unpaired) electrons. The number of benzene rings is 2. The zero-order chi connectivity index (χ0) is 19.1. The van der Waals surface area contributed by atoms with E-state index in [-0.39, 0.29) is 24.4 Å². The first kappa shape index (κ1) is 24.0. The van der Waals surface area contributed by atoms with Gasteiger partial charge in [-0.05, 0) is 62.9 Å². The minimum atomic E-state index is 0. The first-order valence-corrected chi connectivity index (χ1v) is 10.4. The molecule has 0 fully saturated rings. The van der Waals surface area contributed by atoms with Crippen LogP contribution in [0.5, 0.6) is 5.75 Å². The summed E-state index contributed by atoms with van der Waals surface area (Å²) in [6, 6.07) is 10.2. The summed E-state index contributed by atoms with van der Waals surface area (Å²) in [4.78, 5) is 12.8. The average molecular weight is 376 g/mol. The molecule has 0 saturated carbocycles. The predicted octanol–water partition coefficient (Wildman–Crippen LogP) is 3.30. The van der Waals surface area contributed by atoms with Gasteiger partial charge in [-0.3, -0.25) is 0 Å². The van der Waals surface area contributed by atoms with Crippen molar-refractivity contribution in [1.82, 2.24) is 0 Å². The molecule has 0 bridgehead atoms. The van der Waals surface area contributed by atoms with E-state index in [1.54, 1.807) is 0 Å². The summed E-state index contributed by atoms with van der Waals surface area (Å²) in [6.07, 6.45) is 4.81. The van der Waals surface area contributed by atoms with Gasteiger partial charge < -0.3 is 18.1 Å². The molecular formula is C23H30LiO2P. The van der Waals surface area contributed by atoms with Crippen LogP contribution in [-0.4, -0.2) is 12.1 Å². The number of aryl methyl sites for hydroxylation is 4. The quantitative estimate of drug-likeness (QED) is 0.381. The van der Waals surface area contributed by atoms with Gasteiger partial charge in [0.1, 0.15) is 5.75 Å². The van der Waals surface area contributed by atoms with Crippen molar-refractivity contribution in [3.8, 4) is 5.75 Å². The fourth-order valence-corrected chi connectivity index (χ4v) is 4.32. The molecule has 0 aliphatic rings.